The summed E-state index contributed by atoms with van der Waals surface area (Å²) in [7, 11) is 0. The molecule has 0 aliphatic heterocycles. The number of rotatable bonds is 5. The Morgan fingerprint density at radius 2 is 2.12 bits per heavy atom. The number of benzene rings is 1. The third kappa shape index (κ3) is 3.38. The predicted molar refractivity (Wildman–Crippen MR) is 70.8 cm³/mol. The average Bonchev–Trinajstić information content (AvgIpc) is 2.82. The molecule has 0 amide bonds. The van der Waals surface area contributed by atoms with Crippen LogP contribution >= 0.6 is 11.3 Å². The standard InChI is InChI=1S/C14H16FNS/c1-11(13-4-2-3-5-14(13)15)16-8-6-12-7-9-17-10-12/h2-5,7,9-11,16H,6,8H2,1H3. The van der Waals surface area contributed by atoms with E-state index in [1.165, 1.54) is 11.6 Å². The van der Waals surface area contributed by atoms with Gasteiger partial charge in [0.15, 0.2) is 0 Å². The van der Waals surface area contributed by atoms with Crippen LogP contribution in [0, 0.1) is 5.82 Å². The van der Waals surface area contributed by atoms with Crippen LogP contribution in [-0.4, -0.2) is 6.54 Å². The molecule has 90 valence electrons. The van der Waals surface area contributed by atoms with Crippen molar-refractivity contribution in [3.05, 3.63) is 58.0 Å². The number of thiophene rings is 1. The molecule has 1 nitrogen and oxygen atoms in total. The first-order valence-corrected chi connectivity index (χ1v) is 6.70. The summed E-state index contributed by atoms with van der Waals surface area (Å²) in [6, 6.07) is 9.10. The van der Waals surface area contributed by atoms with E-state index < -0.39 is 0 Å². The minimum atomic E-state index is -0.136. The third-order valence-corrected chi connectivity index (χ3v) is 3.55. The van der Waals surface area contributed by atoms with Gasteiger partial charge in [-0.2, -0.15) is 11.3 Å². The molecule has 0 bridgehead atoms. The quantitative estimate of drug-likeness (QED) is 0.850. The van der Waals surface area contributed by atoms with E-state index in [0.29, 0.717) is 0 Å². The molecule has 3 heteroatoms. The second kappa shape index (κ2) is 5.94. The summed E-state index contributed by atoms with van der Waals surface area (Å²) in [6.45, 7) is 2.86. The number of halogens is 1. The van der Waals surface area contributed by atoms with Crippen molar-refractivity contribution in [2.75, 3.05) is 6.54 Å². The van der Waals surface area contributed by atoms with Crippen LogP contribution in [-0.2, 0) is 6.42 Å². The van der Waals surface area contributed by atoms with E-state index in [-0.39, 0.29) is 11.9 Å². The van der Waals surface area contributed by atoms with Crippen molar-refractivity contribution >= 4 is 11.3 Å². The minimum Gasteiger partial charge on any atom is -0.310 e. The normalized spacial score (nSPS) is 12.6. The molecule has 1 N–H and O–H groups in total. The largest absolute Gasteiger partial charge is 0.310 e. The molecular formula is C14H16FNS. The Labute approximate surface area is 105 Å². The molecule has 0 saturated carbocycles. The zero-order chi connectivity index (χ0) is 12.1. The Morgan fingerprint density at radius 3 is 2.82 bits per heavy atom. The van der Waals surface area contributed by atoms with Crippen molar-refractivity contribution in [2.45, 2.75) is 19.4 Å². The van der Waals surface area contributed by atoms with Crippen LogP contribution in [0.4, 0.5) is 4.39 Å². The van der Waals surface area contributed by atoms with Gasteiger partial charge >= 0.3 is 0 Å². The molecule has 0 spiro atoms. The van der Waals surface area contributed by atoms with E-state index >= 15 is 0 Å². The SMILES string of the molecule is CC(NCCc1ccsc1)c1ccccc1F. The van der Waals surface area contributed by atoms with Crippen molar-refractivity contribution in [1.82, 2.24) is 5.32 Å². The molecule has 1 heterocycles. The fourth-order valence-electron chi connectivity index (χ4n) is 1.80. The molecule has 1 unspecified atom stereocenters. The Kier molecular flexibility index (Phi) is 4.29. The molecule has 2 rings (SSSR count). The summed E-state index contributed by atoms with van der Waals surface area (Å²) in [5, 5.41) is 7.57. The lowest BCUT2D eigenvalue weighted by atomic mass is 10.1. The zero-order valence-corrected chi connectivity index (χ0v) is 10.6. The second-order valence-corrected chi connectivity index (χ2v) is 4.86. The molecule has 17 heavy (non-hydrogen) atoms. The molecule has 2 aromatic rings. The van der Waals surface area contributed by atoms with E-state index in [1.807, 2.05) is 19.1 Å². The summed E-state index contributed by atoms with van der Waals surface area (Å²) in [6.07, 6.45) is 0.988. The Bertz CT molecular complexity index is 453. The van der Waals surface area contributed by atoms with Crippen LogP contribution in [0.25, 0.3) is 0 Å². The van der Waals surface area contributed by atoms with Gasteiger partial charge < -0.3 is 5.32 Å². The topological polar surface area (TPSA) is 12.0 Å². The monoisotopic (exact) mass is 249 g/mol. The molecule has 1 aromatic carbocycles. The number of nitrogens with one attached hydrogen (secondary N) is 1. The summed E-state index contributed by atoms with van der Waals surface area (Å²) < 4.78 is 13.5. The lowest BCUT2D eigenvalue weighted by molar-refractivity contribution is 0.531. The van der Waals surface area contributed by atoms with E-state index in [1.54, 1.807) is 17.4 Å². The third-order valence-electron chi connectivity index (χ3n) is 2.82. The van der Waals surface area contributed by atoms with Gasteiger partial charge in [-0.25, -0.2) is 4.39 Å². The second-order valence-electron chi connectivity index (χ2n) is 4.08. The highest BCUT2D eigenvalue weighted by molar-refractivity contribution is 7.07. The highest BCUT2D eigenvalue weighted by Crippen LogP contribution is 2.16. The van der Waals surface area contributed by atoms with Gasteiger partial charge in [-0.05, 0) is 48.3 Å². The summed E-state index contributed by atoms with van der Waals surface area (Å²) in [5.41, 5.74) is 2.07. The van der Waals surface area contributed by atoms with Gasteiger partial charge in [0.1, 0.15) is 5.82 Å². The van der Waals surface area contributed by atoms with Gasteiger partial charge in [0.25, 0.3) is 0 Å². The molecule has 1 atom stereocenters. The Balaban J connectivity index is 1.85. The van der Waals surface area contributed by atoms with E-state index in [0.717, 1.165) is 18.5 Å². The summed E-state index contributed by atoms with van der Waals surface area (Å²) >= 11 is 1.71. The molecule has 0 aliphatic carbocycles. The van der Waals surface area contributed by atoms with Crippen LogP contribution in [0.2, 0.25) is 0 Å². The average molecular weight is 249 g/mol. The van der Waals surface area contributed by atoms with E-state index in [2.05, 4.69) is 22.1 Å². The van der Waals surface area contributed by atoms with Crippen LogP contribution in [0.3, 0.4) is 0 Å². The highest BCUT2D eigenvalue weighted by Gasteiger charge is 2.08. The maximum absolute atomic E-state index is 13.5. The zero-order valence-electron chi connectivity index (χ0n) is 9.82. The lowest BCUT2D eigenvalue weighted by Gasteiger charge is -2.14. The van der Waals surface area contributed by atoms with Crippen molar-refractivity contribution in [1.29, 1.82) is 0 Å². The maximum Gasteiger partial charge on any atom is 0.127 e. The number of hydrogen-bond donors (Lipinski definition) is 1. The maximum atomic E-state index is 13.5. The summed E-state index contributed by atoms with van der Waals surface area (Å²) in [5.74, 6) is -0.136. The van der Waals surface area contributed by atoms with Crippen molar-refractivity contribution < 1.29 is 4.39 Å². The minimum absolute atomic E-state index is 0.0508. The fourth-order valence-corrected chi connectivity index (χ4v) is 2.51. The van der Waals surface area contributed by atoms with Crippen molar-refractivity contribution in [3.8, 4) is 0 Å². The van der Waals surface area contributed by atoms with Gasteiger partial charge in [-0.1, -0.05) is 18.2 Å². The fraction of sp³-hybridized carbons (Fsp3) is 0.286. The van der Waals surface area contributed by atoms with E-state index in [9.17, 15) is 4.39 Å². The Morgan fingerprint density at radius 1 is 1.29 bits per heavy atom. The first-order valence-electron chi connectivity index (χ1n) is 5.76. The highest BCUT2D eigenvalue weighted by atomic mass is 32.1. The lowest BCUT2D eigenvalue weighted by Crippen LogP contribution is -2.22. The van der Waals surface area contributed by atoms with E-state index in [4.69, 9.17) is 0 Å². The Hall–Kier alpha value is -1.19. The van der Waals surface area contributed by atoms with Gasteiger partial charge in [0.05, 0.1) is 0 Å². The van der Waals surface area contributed by atoms with Crippen molar-refractivity contribution in [2.24, 2.45) is 0 Å². The van der Waals surface area contributed by atoms with Gasteiger partial charge in [0, 0.05) is 11.6 Å². The van der Waals surface area contributed by atoms with Crippen LogP contribution in [0.5, 0.6) is 0 Å². The summed E-state index contributed by atoms with van der Waals surface area (Å²) in [4.78, 5) is 0. The smallest absolute Gasteiger partial charge is 0.127 e. The molecule has 0 aliphatic rings. The van der Waals surface area contributed by atoms with Gasteiger partial charge in [-0.3, -0.25) is 0 Å². The van der Waals surface area contributed by atoms with Crippen LogP contribution in [0.15, 0.2) is 41.1 Å². The van der Waals surface area contributed by atoms with Crippen molar-refractivity contribution in [3.63, 3.8) is 0 Å². The van der Waals surface area contributed by atoms with Gasteiger partial charge in [-0.15, -0.1) is 0 Å². The molecule has 0 fully saturated rings. The van der Waals surface area contributed by atoms with Crippen LogP contribution in [0.1, 0.15) is 24.1 Å². The molecule has 0 saturated heterocycles. The predicted octanol–water partition coefficient (Wildman–Crippen LogP) is 3.78. The number of hydrogen-bond acceptors (Lipinski definition) is 2. The van der Waals surface area contributed by atoms with Gasteiger partial charge in [0.2, 0.25) is 0 Å². The first-order chi connectivity index (χ1) is 8.27. The van der Waals surface area contributed by atoms with Crippen LogP contribution < -0.4 is 5.32 Å². The molecule has 1 aromatic heterocycles. The first kappa shape index (κ1) is 12.3. The molecule has 0 radical (unpaired) electrons. The molecular weight excluding hydrogens is 233 g/mol.